The maximum absolute atomic E-state index is 11.3. The Balaban J connectivity index is 1.93. The van der Waals surface area contributed by atoms with Crippen LogP contribution in [0.5, 0.6) is 11.5 Å². The first-order chi connectivity index (χ1) is 7.79. The fraction of sp³-hybridized carbons (Fsp3) is 0.364. The Labute approximate surface area is 98.3 Å². The molecule has 0 bridgehead atoms. The third-order valence-electron chi connectivity index (χ3n) is 2.20. The second-order valence-corrected chi connectivity index (χ2v) is 4.26. The molecule has 0 radical (unpaired) electrons. The molecule has 1 aliphatic rings. The third-order valence-corrected chi connectivity index (χ3v) is 2.75. The van der Waals surface area contributed by atoms with E-state index in [1.54, 1.807) is 0 Å². The number of carbonyl (C=O) groups excluding carboxylic acids is 1. The first-order valence-corrected chi connectivity index (χ1v) is 6.33. The highest BCUT2D eigenvalue weighted by Crippen LogP contribution is 2.32. The number of rotatable bonds is 4. The van der Waals surface area contributed by atoms with Crippen molar-refractivity contribution in [2.45, 2.75) is 6.54 Å². The van der Waals surface area contributed by atoms with Crippen molar-refractivity contribution in [1.29, 1.82) is 0 Å². The normalized spacial score (nSPS) is 12.6. The van der Waals surface area contributed by atoms with E-state index in [1.807, 2.05) is 24.5 Å². The van der Waals surface area contributed by atoms with Crippen molar-refractivity contribution in [3.05, 3.63) is 23.8 Å². The van der Waals surface area contributed by atoms with Crippen LogP contribution in [0.25, 0.3) is 0 Å². The molecule has 1 aliphatic heterocycles. The Morgan fingerprint density at radius 2 is 2.25 bits per heavy atom. The van der Waals surface area contributed by atoms with E-state index in [4.69, 9.17) is 9.47 Å². The number of amides is 1. The van der Waals surface area contributed by atoms with Crippen LogP contribution in [0.4, 0.5) is 0 Å². The maximum atomic E-state index is 11.3. The molecule has 2 rings (SSSR count). The molecule has 0 atom stereocenters. The minimum atomic E-state index is 0.0465. The quantitative estimate of drug-likeness (QED) is 0.862. The van der Waals surface area contributed by atoms with Crippen LogP contribution in [0, 0.1) is 0 Å². The molecule has 0 aliphatic carbocycles. The molecule has 1 N–H and O–H groups in total. The van der Waals surface area contributed by atoms with Crippen LogP contribution in [0.15, 0.2) is 18.2 Å². The average Bonchev–Trinajstić information content (AvgIpc) is 2.74. The van der Waals surface area contributed by atoms with Crippen LogP contribution in [-0.4, -0.2) is 24.7 Å². The van der Waals surface area contributed by atoms with Crippen molar-refractivity contribution in [2.75, 3.05) is 18.8 Å². The molecule has 0 unspecified atom stereocenters. The number of carbonyl (C=O) groups is 1. The molecular weight excluding hydrogens is 226 g/mol. The van der Waals surface area contributed by atoms with Gasteiger partial charge in [-0.15, -0.1) is 0 Å². The van der Waals surface area contributed by atoms with Gasteiger partial charge in [0.2, 0.25) is 12.7 Å². The number of hydrogen-bond donors (Lipinski definition) is 1. The third kappa shape index (κ3) is 2.61. The van der Waals surface area contributed by atoms with Gasteiger partial charge in [-0.1, -0.05) is 6.07 Å². The molecule has 5 heteroatoms. The van der Waals surface area contributed by atoms with Gasteiger partial charge in [-0.3, -0.25) is 4.79 Å². The van der Waals surface area contributed by atoms with Crippen molar-refractivity contribution in [3.8, 4) is 11.5 Å². The fourth-order valence-corrected chi connectivity index (χ4v) is 1.80. The summed E-state index contributed by atoms with van der Waals surface area (Å²) in [6.45, 7) is 0.799. The minimum Gasteiger partial charge on any atom is -0.454 e. The Bertz CT molecular complexity index is 395. The van der Waals surface area contributed by atoms with E-state index in [2.05, 4.69) is 5.32 Å². The highest BCUT2D eigenvalue weighted by atomic mass is 32.2. The number of nitrogens with one attached hydrogen (secondary N) is 1. The predicted molar refractivity (Wildman–Crippen MR) is 62.8 cm³/mol. The van der Waals surface area contributed by atoms with Gasteiger partial charge in [0.15, 0.2) is 11.5 Å². The first kappa shape index (κ1) is 11.1. The molecule has 0 saturated heterocycles. The zero-order valence-corrected chi connectivity index (χ0v) is 9.80. The van der Waals surface area contributed by atoms with Crippen molar-refractivity contribution in [2.24, 2.45) is 0 Å². The maximum Gasteiger partial charge on any atom is 0.231 e. The van der Waals surface area contributed by atoms with Gasteiger partial charge < -0.3 is 14.8 Å². The summed E-state index contributed by atoms with van der Waals surface area (Å²) < 4.78 is 10.5. The van der Waals surface area contributed by atoms with Crippen molar-refractivity contribution >= 4 is 17.7 Å². The summed E-state index contributed by atoms with van der Waals surface area (Å²) in [4.78, 5) is 11.3. The van der Waals surface area contributed by atoms with Crippen LogP contribution in [0.1, 0.15) is 5.56 Å². The highest BCUT2D eigenvalue weighted by Gasteiger charge is 2.13. The lowest BCUT2D eigenvalue weighted by atomic mass is 10.2. The Kier molecular flexibility index (Phi) is 3.56. The van der Waals surface area contributed by atoms with Crippen molar-refractivity contribution < 1.29 is 14.3 Å². The topological polar surface area (TPSA) is 47.6 Å². The van der Waals surface area contributed by atoms with E-state index >= 15 is 0 Å². The summed E-state index contributed by atoms with van der Waals surface area (Å²) in [6.07, 6.45) is 1.90. The van der Waals surface area contributed by atoms with E-state index in [-0.39, 0.29) is 12.7 Å². The zero-order chi connectivity index (χ0) is 11.4. The van der Waals surface area contributed by atoms with Gasteiger partial charge in [-0.2, -0.15) is 11.8 Å². The van der Waals surface area contributed by atoms with Gasteiger partial charge >= 0.3 is 0 Å². The second-order valence-electron chi connectivity index (χ2n) is 3.40. The van der Waals surface area contributed by atoms with Gasteiger partial charge in [0.1, 0.15) is 0 Å². The van der Waals surface area contributed by atoms with Gasteiger partial charge in [-0.25, -0.2) is 0 Å². The molecule has 0 spiro atoms. The zero-order valence-electron chi connectivity index (χ0n) is 8.99. The number of thioether (sulfide) groups is 1. The predicted octanol–water partition coefficient (Wildman–Crippen LogP) is 1.39. The van der Waals surface area contributed by atoms with E-state index in [9.17, 15) is 4.79 Å². The molecule has 0 fully saturated rings. The monoisotopic (exact) mass is 239 g/mol. The van der Waals surface area contributed by atoms with Crippen LogP contribution in [0.3, 0.4) is 0 Å². The van der Waals surface area contributed by atoms with Crippen molar-refractivity contribution in [1.82, 2.24) is 5.32 Å². The lowest BCUT2D eigenvalue weighted by Gasteiger charge is -2.05. The van der Waals surface area contributed by atoms with Crippen LogP contribution in [0.2, 0.25) is 0 Å². The second kappa shape index (κ2) is 5.12. The Hall–Kier alpha value is -1.36. The summed E-state index contributed by atoms with van der Waals surface area (Å²) in [5, 5.41) is 2.83. The summed E-state index contributed by atoms with van der Waals surface area (Å²) >= 11 is 1.51. The Morgan fingerprint density at radius 1 is 1.44 bits per heavy atom. The average molecular weight is 239 g/mol. The minimum absolute atomic E-state index is 0.0465. The molecule has 16 heavy (non-hydrogen) atoms. The molecule has 1 aromatic rings. The highest BCUT2D eigenvalue weighted by molar-refractivity contribution is 7.99. The van der Waals surface area contributed by atoms with Gasteiger partial charge in [-0.05, 0) is 24.0 Å². The lowest BCUT2D eigenvalue weighted by molar-refractivity contribution is -0.118. The molecule has 0 aromatic heterocycles. The molecular formula is C11H13NO3S. The molecule has 1 aromatic carbocycles. The summed E-state index contributed by atoms with van der Waals surface area (Å²) in [5.74, 6) is 2.05. The van der Waals surface area contributed by atoms with E-state index < -0.39 is 0 Å². The summed E-state index contributed by atoms with van der Waals surface area (Å²) in [5.41, 5.74) is 1.01. The summed E-state index contributed by atoms with van der Waals surface area (Å²) in [6, 6.07) is 5.67. The largest absolute Gasteiger partial charge is 0.454 e. The van der Waals surface area contributed by atoms with E-state index in [1.165, 1.54) is 11.8 Å². The van der Waals surface area contributed by atoms with Gasteiger partial charge in [0.05, 0.1) is 5.75 Å². The molecule has 0 saturated carbocycles. The Morgan fingerprint density at radius 3 is 3.06 bits per heavy atom. The van der Waals surface area contributed by atoms with Crippen LogP contribution < -0.4 is 14.8 Å². The smallest absolute Gasteiger partial charge is 0.231 e. The van der Waals surface area contributed by atoms with Gasteiger partial charge in [0.25, 0.3) is 0 Å². The standard InChI is InChI=1S/C11H13NO3S/c1-16-6-11(13)12-5-8-2-3-9-10(4-8)15-7-14-9/h2-4H,5-7H2,1H3,(H,12,13). The lowest BCUT2D eigenvalue weighted by Crippen LogP contribution is -2.24. The fourth-order valence-electron chi connectivity index (χ4n) is 1.43. The number of hydrogen-bond acceptors (Lipinski definition) is 4. The van der Waals surface area contributed by atoms with Crippen LogP contribution in [-0.2, 0) is 11.3 Å². The molecule has 86 valence electrons. The summed E-state index contributed by atoms with van der Waals surface area (Å²) in [7, 11) is 0. The van der Waals surface area contributed by atoms with E-state index in [0.717, 1.165) is 17.1 Å². The van der Waals surface area contributed by atoms with Crippen LogP contribution >= 0.6 is 11.8 Å². The molecule has 1 heterocycles. The number of fused-ring (bicyclic) bond motifs is 1. The number of benzene rings is 1. The SMILES string of the molecule is CSCC(=O)NCc1ccc2c(c1)OCO2. The van der Waals surface area contributed by atoms with E-state index in [0.29, 0.717) is 12.3 Å². The molecule has 1 amide bonds. The van der Waals surface area contributed by atoms with Gasteiger partial charge in [0, 0.05) is 6.54 Å². The number of ether oxygens (including phenoxy) is 2. The first-order valence-electron chi connectivity index (χ1n) is 4.94. The molecule has 4 nitrogen and oxygen atoms in total. The van der Waals surface area contributed by atoms with Crippen molar-refractivity contribution in [3.63, 3.8) is 0 Å².